The number of aliphatic hydroxyl groups excluding tert-OH is 1. The number of carbonyl (C=O) groups is 1. The largest absolute Gasteiger partial charge is 0.512 e. The number of aromatic nitrogens is 2. The molecule has 41 heavy (non-hydrogen) atoms. The Balaban J connectivity index is 0.000000239. The number of hydrogen-bond acceptors (Lipinski definition) is 4. The topological polar surface area (TPSA) is 63.1 Å². The first-order chi connectivity index (χ1) is 18.7. The van der Waals surface area contributed by atoms with E-state index in [1.807, 2.05) is 60.0 Å². The number of ketones is 1. The summed E-state index contributed by atoms with van der Waals surface area (Å²) in [4.78, 5) is 21.0. The molecule has 0 saturated heterocycles. The van der Waals surface area contributed by atoms with Crippen LogP contribution in [0.3, 0.4) is 0 Å². The van der Waals surface area contributed by atoms with Crippen molar-refractivity contribution in [2.75, 3.05) is 0 Å². The fraction of sp³-hybridized carbons (Fsp3) is 0.306. The van der Waals surface area contributed by atoms with Gasteiger partial charge in [0.2, 0.25) is 0 Å². The zero-order chi connectivity index (χ0) is 29.0. The molecule has 1 aliphatic rings. The molecule has 0 bridgehead atoms. The molecular formula is C36H37IrN2O2-. The number of benzene rings is 3. The average Bonchev–Trinajstić information content (AvgIpc) is 2.90. The smallest absolute Gasteiger partial charge is 0.164 e. The average molecular weight is 722 g/mol. The monoisotopic (exact) mass is 722 g/mol. The van der Waals surface area contributed by atoms with Crippen molar-refractivity contribution in [3.63, 3.8) is 0 Å². The predicted molar refractivity (Wildman–Crippen MR) is 166 cm³/mol. The maximum Gasteiger partial charge on any atom is 0.164 e. The molecule has 213 valence electrons. The van der Waals surface area contributed by atoms with Gasteiger partial charge in [-0.1, -0.05) is 104 Å². The van der Waals surface area contributed by atoms with Crippen LogP contribution in [-0.4, -0.2) is 20.9 Å². The summed E-state index contributed by atoms with van der Waals surface area (Å²) in [6.45, 7) is 15.6. The van der Waals surface area contributed by atoms with Gasteiger partial charge in [0.05, 0.1) is 0 Å². The van der Waals surface area contributed by atoms with Crippen molar-refractivity contribution in [3.05, 3.63) is 96.1 Å². The minimum Gasteiger partial charge on any atom is -0.512 e. The quantitative estimate of drug-likeness (QED) is 0.0812. The summed E-state index contributed by atoms with van der Waals surface area (Å²) in [5, 5.41) is 17.2. The standard InChI is InChI=1S/C25H17N2.C11H20O2.Ir/c1-25(2)21-14-20-16-7-4-3-6-15(16)9-10-17(20)18-11-13-26-23(22(18)21)19-8-5-12-27-24(19)25;1-10(2,3)8(12)7-9(13)11(4,5)6;/h3-7,9-14H,1-2H3;7,12H,1-6H3;/q-1;;/b;8-7-;. The number of nitrogens with zero attached hydrogens (tertiary/aromatic N) is 2. The van der Waals surface area contributed by atoms with Crippen molar-refractivity contribution in [3.8, 4) is 11.3 Å². The summed E-state index contributed by atoms with van der Waals surface area (Å²) < 4.78 is 0. The zero-order valence-corrected chi connectivity index (χ0v) is 27.4. The van der Waals surface area contributed by atoms with Gasteiger partial charge in [-0.2, -0.15) is 0 Å². The molecule has 2 aromatic heterocycles. The normalized spacial score (nSPS) is 14.2. The third-order valence-corrected chi connectivity index (χ3v) is 7.79. The van der Waals surface area contributed by atoms with E-state index in [9.17, 15) is 9.90 Å². The first kappa shape index (κ1) is 30.6. The third kappa shape index (κ3) is 5.46. The van der Waals surface area contributed by atoms with Gasteiger partial charge in [-0.05, 0) is 60.8 Å². The number of allylic oxidation sites excluding steroid dienone is 2. The number of pyridine rings is 2. The molecule has 1 aliphatic carbocycles. The number of hydrogen-bond donors (Lipinski definition) is 1. The second kappa shape index (κ2) is 10.8. The van der Waals surface area contributed by atoms with Gasteiger partial charge < -0.3 is 15.1 Å². The second-order valence-electron chi connectivity index (χ2n) is 13.2. The SMILES string of the molecule is CC(C)(C)C(=O)/C=C(\O)C(C)(C)C.CC1(C)c2ncc[c-]c2-c2nccc3c2c1cc1c2ccccc2ccc31.[Ir]. The first-order valence-corrected chi connectivity index (χ1v) is 13.8. The Kier molecular flexibility index (Phi) is 8.03. The minimum absolute atomic E-state index is 0. The van der Waals surface area contributed by atoms with Gasteiger partial charge in [-0.15, -0.1) is 17.7 Å². The Morgan fingerprint density at radius 2 is 1.56 bits per heavy atom. The fourth-order valence-electron chi connectivity index (χ4n) is 5.25. The van der Waals surface area contributed by atoms with E-state index in [0.717, 1.165) is 17.0 Å². The number of aliphatic hydroxyl groups is 1. The number of fused-ring (bicyclic) bond motifs is 6. The molecule has 6 rings (SSSR count). The molecule has 0 atom stereocenters. The van der Waals surface area contributed by atoms with E-state index in [1.54, 1.807) is 0 Å². The van der Waals surface area contributed by atoms with E-state index in [2.05, 4.69) is 68.4 Å². The van der Waals surface area contributed by atoms with Crippen LogP contribution >= 0.6 is 0 Å². The Hall–Kier alpha value is -3.40. The molecule has 3 aromatic carbocycles. The molecule has 4 nitrogen and oxygen atoms in total. The van der Waals surface area contributed by atoms with Crippen LogP contribution in [0.4, 0.5) is 0 Å². The number of carbonyl (C=O) groups excluding carboxylic acids is 1. The van der Waals surface area contributed by atoms with Crippen LogP contribution in [0.5, 0.6) is 0 Å². The van der Waals surface area contributed by atoms with Crippen molar-refractivity contribution < 1.29 is 30.0 Å². The molecular weight excluding hydrogens is 685 g/mol. The van der Waals surface area contributed by atoms with Crippen molar-refractivity contribution in [2.24, 2.45) is 10.8 Å². The fourth-order valence-corrected chi connectivity index (χ4v) is 5.25. The minimum atomic E-state index is -0.417. The summed E-state index contributed by atoms with van der Waals surface area (Å²) in [7, 11) is 0. The van der Waals surface area contributed by atoms with E-state index >= 15 is 0 Å². The van der Waals surface area contributed by atoms with Crippen molar-refractivity contribution in [1.82, 2.24) is 9.97 Å². The van der Waals surface area contributed by atoms with Gasteiger partial charge >= 0.3 is 0 Å². The zero-order valence-electron chi connectivity index (χ0n) is 25.0. The van der Waals surface area contributed by atoms with Crippen LogP contribution in [0.2, 0.25) is 0 Å². The van der Waals surface area contributed by atoms with Gasteiger partial charge in [-0.3, -0.25) is 4.79 Å². The van der Waals surface area contributed by atoms with Crippen LogP contribution in [0, 0.1) is 16.9 Å². The molecule has 0 aliphatic heterocycles. The molecule has 0 amide bonds. The summed E-state index contributed by atoms with van der Waals surface area (Å²) >= 11 is 0. The maximum atomic E-state index is 11.5. The molecule has 2 heterocycles. The molecule has 0 fully saturated rings. The molecule has 1 radical (unpaired) electrons. The van der Waals surface area contributed by atoms with Crippen LogP contribution in [0.25, 0.3) is 43.6 Å². The molecule has 5 heteroatoms. The Morgan fingerprint density at radius 3 is 2.24 bits per heavy atom. The van der Waals surface area contributed by atoms with Crippen molar-refractivity contribution in [2.45, 2.75) is 60.8 Å². The van der Waals surface area contributed by atoms with E-state index < -0.39 is 5.41 Å². The van der Waals surface area contributed by atoms with E-state index in [4.69, 9.17) is 9.97 Å². The van der Waals surface area contributed by atoms with Crippen molar-refractivity contribution >= 4 is 38.1 Å². The van der Waals surface area contributed by atoms with E-state index in [0.29, 0.717) is 0 Å². The van der Waals surface area contributed by atoms with Crippen LogP contribution in [0.1, 0.15) is 66.6 Å². The van der Waals surface area contributed by atoms with Gasteiger partial charge in [0, 0.05) is 43.2 Å². The number of rotatable bonds is 1. The van der Waals surface area contributed by atoms with Gasteiger partial charge in [0.15, 0.2) is 5.78 Å². The van der Waals surface area contributed by atoms with Gasteiger partial charge in [0.25, 0.3) is 0 Å². The Labute approximate surface area is 256 Å². The summed E-state index contributed by atoms with van der Waals surface area (Å²) in [6, 6.07) is 22.9. The molecule has 0 spiro atoms. The Morgan fingerprint density at radius 1 is 0.854 bits per heavy atom. The van der Waals surface area contributed by atoms with Crippen molar-refractivity contribution in [1.29, 1.82) is 0 Å². The Bertz CT molecular complexity index is 1820. The summed E-state index contributed by atoms with van der Waals surface area (Å²) in [6.07, 6.45) is 5.08. The summed E-state index contributed by atoms with van der Waals surface area (Å²) in [5.74, 6) is 0.104. The maximum absolute atomic E-state index is 11.5. The predicted octanol–water partition coefficient (Wildman–Crippen LogP) is 9.13. The van der Waals surface area contributed by atoms with E-state index in [-0.39, 0.29) is 42.5 Å². The molecule has 1 N–H and O–H groups in total. The van der Waals surface area contributed by atoms with E-state index in [1.165, 1.54) is 44.0 Å². The summed E-state index contributed by atoms with van der Waals surface area (Å²) in [5.41, 5.74) is 3.41. The van der Waals surface area contributed by atoms with Crippen LogP contribution in [0.15, 0.2) is 78.8 Å². The molecule has 0 unspecified atom stereocenters. The second-order valence-corrected chi connectivity index (χ2v) is 13.2. The first-order valence-electron chi connectivity index (χ1n) is 13.8. The third-order valence-electron chi connectivity index (χ3n) is 7.79. The molecule has 0 saturated carbocycles. The van der Waals surface area contributed by atoms with Crippen LogP contribution < -0.4 is 0 Å². The molecule has 5 aromatic rings. The van der Waals surface area contributed by atoms with Gasteiger partial charge in [0.1, 0.15) is 5.76 Å². The van der Waals surface area contributed by atoms with Crippen LogP contribution in [-0.2, 0) is 30.3 Å². The van der Waals surface area contributed by atoms with Gasteiger partial charge in [-0.25, -0.2) is 0 Å².